The van der Waals surface area contributed by atoms with Crippen LogP contribution in [-0.4, -0.2) is 33.5 Å². The molecule has 2 aromatic rings. The molecule has 0 fully saturated rings. The number of benzene rings is 1. The molecule has 1 aromatic heterocycles. The first-order valence-electron chi connectivity index (χ1n) is 6.14. The van der Waals surface area contributed by atoms with Gasteiger partial charge in [0.2, 0.25) is 0 Å². The summed E-state index contributed by atoms with van der Waals surface area (Å²) >= 11 is 8.11. The molecule has 3 nitrogen and oxygen atoms in total. The van der Waals surface area contributed by atoms with E-state index in [0.717, 1.165) is 28.4 Å². The van der Waals surface area contributed by atoms with Gasteiger partial charge >= 0.3 is 0 Å². The number of rotatable bonds is 7. The van der Waals surface area contributed by atoms with Gasteiger partial charge in [0.25, 0.3) is 0 Å². The minimum atomic E-state index is 0.0677. The predicted molar refractivity (Wildman–Crippen MR) is 81.2 cm³/mol. The number of thiophene rings is 1. The standard InChI is InChI=1S/C14H18ClNO2S/c1-17-9-10(18-2)7-16-8-13-14(15)11-5-3-4-6-12(11)19-13/h3-6,10,16H,7-9H2,1-2H3. The van der Waals surface area contributed by atoms with Gasteiger partial charge in [0, 0.05) is 42.3 Å². The van der Waals surface area contributed by atoms with Crippen molar-refractivity contribution >= 4 is 33.0 Å². The lowest BCUT2D eigenvalue weighted by molar-refractivity contribution is 0.0288. The van der Waals surface area contributed by atoms with Gasteiger partial charge in [-0.2, -0.15) is 0 Å². The Bertz CT molecular complexity index is 529. The number of halogens is 1. The highest BCUT2D eigenvalue weighted by atomic mass is 35.5. The van der Waals surface area contributed by atoms with Crippen LogP contribution in [0.3, 0.4) is 0 Å². The Balaban J connectivity index is 1.96. The molecule has 104 valence electrons. The van der Waals surface area contributed by atoms with E-state index in [1.165, 1.54) is 4.70 Å². The molecule has 1 aromatic carbocycles. The van der Waals surface area contributed by atoms with Crippen molar-refractivity contribution < 1.29 is 9.47 Å². The van der Waals surface area contributed by atoms with E-state index in [9.17, 15) is 0 Å². The molecule has 0 amide bonds. The van der Waals surface area contributed by atoms with E-state index in [0.29, 0.717) is 6.61 Å². The average molecular weight is 300 g/mol. The highest BCUT2D eigenvalue weighted by Crippen LogP contribution is 2.34. The van der Waals surface area contributed by atoms with Crippen LogP contribution in [-0.2, 0) is 16.0 Å². The van der Waals surface area contributed by atoms with Gasteiger partial charge in [-0.05, 0) is 6.07 Å². The Morgan fingerprint density at radius 2 is 2.11 bits per heavy atom. The summed E-state index contributed by atoms with van der Waals surface area (Å²) in [6, 6.07) is 8.20. The molecule has 1 heterocycles. The van der Waals surface area contributed by atoms with Crippen molar-refractivity contribution in [2.24, 2.45) is 0 Å². The van der Waals surface area contributed by atoms with Crippen LogP contribution >= 0.6 is 22.9 Å². The molecule has 0 spiro atoms. The maximum absolute atomic E-state index is 6.38. The van der Waals surface area contributed by atoms with Crippen molar-refractivity contribution in [3.63, 3.8) is 0 Å². The van der Waals surface area contributed by atoms with E-state index in [2.05, 4.69) is 17.4 Å². The number of ether oxygens (including phenoxy) is 2. The largest absolute Gasteiger partial charge is 0.382 e. The quantitative estimate of drug-likeness (QED) is 0.851. The van der Waals surface area contributed by atoms with Crippen LogP contribution in [0, 0.1) is 0 Å². The fraction of sp³-hybridized carbons (Fsp3) is 0.429. The summed E-state index contributed by atoms with van der Waals surface area (Å²) in [5, 5.41) is 5.35. The van der Waals surface area contributed by atoms with Gasteiger partial charge in [-0.15, -0.1) is 11.3 Å². The molecule has 0 saturated heterocycles. The molecule has 1 N–H and O–H groups in total. The molecular weight excluding hydrogens is 282 g/mol. The van der Waals surface area contributed by atoms with E-state index in [1.807, 2.05) is 12.1 Å². The van der Waals surface area contributed by atoms with Crippen molar-refractivity contribution in [1.29, 1.82) is 0 Å². The van der Waals surface area contributed by atoms with Gasteiger partial charge in [-0.3, -0.25) is 0 Å². The van der Waals surface area contributed by atoms with Gasteiger partial charge in [-0.1, -0.05) is 29.8 Å². The molecule has 2 rings (SSSR count). The van der Waals surface area contributed by atoms with Crippen LogP contribution in [0.2, 0.25) is 5.02 Å². The van der Waals surface area contributed by atoms with Gasteiger partial charge in [0.15, 0.2) is 0 Å². The van der Waals surface area contributed by atoms with Gasteiger partial charge in [0.05, 0.1) is 17.7 Å². The van der Waals surface area contributed by atoms with Crippen LogP contribution in [0.1, 0.15) is 4.88 Å². The summed E-state index contributed by atoms with van der Waals surface area (Å²) in [5.41, 5.74) is 0. The Morgan fingerprint density at radius 3 is 2.79 bits per heavy atom. The summed E-state index contributed by atoms with van der Waals surface area (Å²) < 4.78 is 11.6. The Labute approximate surface area is 122 Å². The van der Waals surface area contributed by atoms with Crippen molar-refractivity contribution in [3.05, 3.63) is 34.2 Å². The minimum Gasteiger partial charge on any atom is -0.382 e. The second kappa shape index (κ2) is 7.22. The van der Waals surface area contributed by atoms with E-state index in [4.69, 9.17) is 21.1 Å². The Morgan fingerprint density at radius 1 is 1.32 bits per heavy atom. The zero-order valence-corrected chi connectivity index (χ0v) is 12.7. The molecule has 0 aliphatic rings. The second-order valence-corrected chi connectivity index (χ2v) is 5.79. The lowest BCUT2D eigenvalue weighted by Crippen LogP contribution is -2.31. The molecule has 19 heavy (non-hydrogen) atoms. The van der Waals surface area contributed by atoms with Crippen LogP contribution in [0.25, 0.3) is 10.1 Å². The van der Waals surface area contributed by atoms with Crippen molar-refractivity contribution in [2.45, 2.75) is 12.6 Å². The minimum absolute atomic E-state index is 0.0677. The third-order valence-electron chi connectivity index (χ3n) is 2.94. The highest BCUT2D eigenvalue weighted by Gasteiger charge is 2.11. The lowest BCUT2D eigenvalue weighted by atomic mass is 10.2. The number of methoxy groups -OCH3 is 2. The Hall–Kier alpha value is -0.650. The zero-order valence-electron chi connectivity index (χ0n) is 11.1. The van der Waals surface area contributed by atoms with E-state index in [-0.39, 0.29) is 6.10 Å². The molecule has 1 atom stereocenters. The number of nitrogens with one attached hydrogen (secondary N) is 1. The Kier molecular flexibility index (Phi) is 5.60. The summed E-state index contributed by atoms with van der Waals surface area (Å²) in [5.74, 6) is 0. The zero-order chi connectivity index (χ0) is 13.7. The van der Waals surface area contributed by atoms with E-state index in [1.54, 1.807) is 25.6 Å². The molecule has 0 radical (unpaired) electrons. The van der Waals surface area contributed by atoms with Crippen LogP contribution in [0.15, 0.2) is 24.3 Å². The van der Waals surface area contributed by atoms with Crippen molar-refractivity contribution in [2.75, 3.05) is 27.4 Å². The lowest BCUT2D eigenvalue weighted by Gasteiger charge is -2.14. The first-order chi connectivity index (χ1) is 9.26. The van der Waals surface area contributed by atoms with Crippen LogP contribution in [0.5, 0.6) is 0 Å². The monoisotopic (exact) mass is 299 g/mol. The summed E-state index contributed by atoms with van der Waals surface area (Å²) in [7, 11) is 3.37. The molecular formula is C14H18ClNO2S. The van der Waals surface area contributed by atoms with E-state index < -0.39 is 0 Å². The van der Waals surface area contributed by atoms with E-state index >= 15 is 0 Å². The predicted octanol–water partition coefficient (Wildman–Crippen LogP) is 3.31. The number of fused-ring (bicyclic) bond motifs is 1. The van der Waals surface area contributed by atoms with Crippen LogP contribution in [0.4, 0.5) is 0 Å². The fourth-order valence-electron chi connectivity index (χ4n) is 1.92. The van der Waals surface area contributed by atoms with Gasteiger partial charge in [0.1, 0.15) is 0 Å². The highest BCUT2D eigenvalue weighted by molar-refractivity contribution is 7.19. The molecule has 5 heteroatoms. The maximum atomic E-state index is 6.38. The normalized spacial score (nSPS) is 13.0. The second-order valence-electron chi connectivity index (χ2n) is 4.28. The number of hydrogen-bond donors (Lipinski definition) is 1. The smallest absolute Gasteiger partial charge is 0.0928 e. The third-order valence-corrected chi connectivity index (χ3v) is 4.66. The first kappa shape index (κ1) is 14.8. The summed E-state index contributed by atoms with van der Waals surface area (Å²) in [6.45, 7) is 2.08. The molecule has 0 bridgehead atoms. The van der Waals surface area contributed by atoms with Crippen LogP contribution < -0.4 is 5.32 Å². The molecule has 0 aliphatic heterocycles. The topological polar surface area (TPSA) is 30.5 Å². The summed E-state index contributed by atoms with van der Waals surface area (Å²) in [6.07, 6.45) is 0.0677. The molecule has 1 unspecified atom stereocenters. The van der Waals surface area contributed by atoms with Gasteiger partial charge < -0.3 is 14.8 Å². The summed E-state index contributed by atoms with van der Waals surface area (Å²) in [4.78, 5) is 1.16. The fourth-order valence-corrected chi connectivity index (χ4v) is 3.39. The molecule has 0 aliphatic carbocycles. The third kappa shape index (κ3) is 3.68. The SMILES string of the molecule is COCC(CNCc1sc2ccccc2c1Cl)OC. The molecule has 0 saturated carbocycles. The average Bonchev–Trinajstić information content (AvgIpc) is 2.75. The maximum Gasteiger partial charge on any atom is 0.0928 e. The van der Waals surface area contributed by atoms with Crippen molar-refractivity contribution in [1.82, 2.24) is 5.32 Å². The number of hydrogen-bond acceptors (Lipinski definition) is 4. The first-order valence-corrected chi connectivity index (χ1v) is 7.34. The van der Waals surface area contributed by atoms with Crippen molar-refractivity contribution in [3.8, 4) is 0 Å². The van der Waals surface area contributed by atoms with Gasteiger partial charge in [-0.25, -0.2) is 0 Å².